The van der Waals surface area contributed by atoms with Crippen LogP contribution >= 0.6 is 11.6 Å². The highest BCUT2D eigenvalue weighted by Crippen LogP contribution is 2.40. The number of alkyl halides is 2. The Kier molecular flexibility index (Phi) is 7.39. The molecule has 0 spiro atoms. The minimum atomic E-state index is -3.02. The second-order valence-electron chi connectivity index (χ2n) is 8.51. The molecule has 12 heteroatoms. The van der Waals surface area contributed by atoms with E-state index in [1.54, 1.807) is 44.2 Å². The molecular formula is C24H24ClF2N5O4. The van der Waals surface area contributed by atoms with Gasteiger partial charge in [0.05, 0.1) is 24.0 Å². The van der Waals surface area contributed by atoms with Crippen molar-refractivity contribution in [1.82, 2.24) is 14.5 Å². The third kappa shape index (κ3) is 5.73. The molecule has 0 radical (unpaired) electrons. The maximum Gasteiger partial charge on any atom is 0.411 e. The molecule has 1 atom stereocenters. The number of hydrogen-bond donors (Lipinski definition) is 2. The van der Waals surface area contributed by atoms with Gasteiger partial charge in [0.15, 0.2) is 5.82 Å². The van der Waals surface area contributed by atoms with Crippen molar-refractivity contribution in [2.45, 2.75) is 39.3 Å². The summed E-state index contributed by atoms with van der Waals surface area (Å²) >= 11 is 6.27. The number of rotatable bonds is 9. The van der Waals surface area contributed by atoms with Gasteiger partial charge in [-0.1, -0.05) is 29.8 Å². The molecule has 190 valence electrons. The van der Waals surface area contributed by atoms with E-state index in [0.717, 1.165) is 12.8 Å². The number of pyridine rings is 1. The SMILES string of the molecule is Cc1cc(Nc2nc(Cl)cn([C@H](CN(C(=O)O)c3ccccc3)C3CC3)c2=O)c(C)nc1OC(F)F. The molecule has 1 saturated carbocycles. The Hall–Kier alpha value is -3.73. The van der Waals surface area contributed by atoms with Crippen molar-refractivity contribution < 1.29 is 23.4 Å². The highest BCUT2D eigenvalue weighted by atomic mass is 35.5. The largest absolute Gasteiger partial charge is 0.465 e. The smallest absolute Gasteiger partial charge is 0.411 e. The van der Waals surface area contributed by atoms with Gasteiger partial charge in [-0.05, 0) is 50.8 Å². The van der Waals surface area contributed by atoms with Gasteiger partial charge in [-0.3, -0.25) is 9.69 Å². The van der Waals surface area contributed by atoms with Crippen molar-refractivity contribution in [3.63, 3.8) is 0 Å². The molecule has 0 unspecified atom stereocenters. The van der Waals surface area contributed by atoms with Crippen molar-refractivity contribution in [3.05, 3.63) is 69.4 Å². The number of ether oxygens (including phenoxy) is 1. The lowest BCUT2D eigenvalue weighted by molar-refractivity contribution is -0.0533. The standard InChI is InChI=1S/C24H24ClF2N5O4/c1-13-10-17(14(2)28-21(13)36-23(26)27)29-20-22(33)32(12-19(25)30-20)18(15-8-9-15)11-31(24(34)35)16-6-4-3-5-7-16/h3-7,10,12,15,18,23H,8-9,11H2,1-2H3,(H,29,30)(H,34,35)/t18-/m1/s1. The fraction of sp³-hybridized carbons (Fsp3) is 0.333. The molecule has 0 saturated heterocycles. The number of benzene rings is 1. The van der Waals surface area contributed by atoms with Gasteiger partial charge in [0.25, 0.3) is 5.56 Å². The topological polar surface area (TPSA) is 110 Å². The molecule has 2 heterocycles. The Morgan fingerprint density at radius 2 is 1.97 bits per heavy atom. The molecule has 1 amide bonds. The van der Waals surface area contributed by atoms with E-state index in [1.165, 1.54) is 21.7 Å². The Morgan fingerprint density at radius 1 is 1.28 bits per heavy atom. The molecule has 0 aliphatic heterocycles. The quantitative estimate of drug-likeness (QED) is 0.390. The van der Waals surface area contributed by atoms with E-state index in [0.29, 0.717) is 22.6 Å². The average molecular weight is 520 g/mol. The van der Waals surface area contributed by atoms with Gasteiger partial charge in [0, 0.05) is 17.4 Å². The minimum Gasteiger partial charge on any atom is -0.465 e. The fourth-order valence-corrected chi connectivity index (χ4v) is 4.17. The number of anilines is 3. The fourth-order valence-electron chi connectivity index (χ4n) is 3.98. The van der Waals surface area contributed by atoms with Crippen molar-refractivity contribution in [1.29, 1.82) is 0 Å². The Labute approximate surface area is 210 Å². The zero-order chi connectivity index (χ0) is 26.0. The van der Waals surface area contributed by atoms with Crippen LogP contribution in [0.2, 0.25) is 5.15 Å². The predicted octanol–water partition coefficient (Wildman–Crippen LogP) is 5.39. The van der Waals surface area contributed by atoms with E-state index < -0.39 is 24.3 Å². The van der Waals surface area contributed by atoms with Crippen molar-refractivity contribution >= 4 is 34.9 Å². The lowest BCUT2D eigenvalue weighted by atomic mass is 10.1. The van der Waals surface area contributed by atoms with Gasteiger partial charge in [0.1, 0.15) is 5.15 Å². The minimum absolute atomic E-state index is 0.0318. The van der Waals surface area contributed by atoms with Gasteiger partial charge >= 0.3 is 12.7 Å². The number of halogens is 3. The molecular weight excluding hydrogens is 496 g/mol. The summed E-state index contributed by atoms with van der Waals surface area (Å²) in [5.74, 6) is -0.217. The molecule has 36 heavy (non-hydrogen) atoms. The zero-order valence-corrected chi connectivity index (χ0v) is 20.2. The van der Waals surface area contributed by atoms with Crippen LogP contribution in [0.5, 0.6) is 5.88 Å². The van der Waals surface area contributed by atoms with Crippen molar-refractivity contribution in [3.8, 4) is 5.88 Å². The molecule has 2 aromatic heterocycles. The zero-order valence-electron chi connectivity index (χ0n) is 19.5. The first kappa shape index (κ1) is 25.4. The Balaban J connectivity index is 1.68. The third-order valence-corrected chi connectivity index (χ3v) is 6.09. The summed E-state index contributed by atoms with van der Waals surface area (Å²) in [5, 5.41) is 12.8. The average Bonchev–Trinajstić information content (AvgIpc) is 3.65. The van der Waals surface area contributed by atoms with E-state index in [-0.39, 0.29) is 29.3 Å². The number of amides is 1. The molecule has 3 aromatic rings. The molecule has 1 aliphatic carbocycles. The summed E-state index contributed by atoms with van der Waals surface area (Å²) in [7, 11) is 0. The van der Waals surface area contributed by atoms with Crippen LogP contribution in [0.4, 0.5) is 30.8 Å². The first-order chi connectivity index (χ1) is 17.1. The second kappa shape index (κ2) is 10.5. The number of carboxylic acid groups (broad SMARTS) is 1. The lowest BCUT2D eigenvalue weighted by Crippen LogP contribution is -2.39. The van der Waals surface area contributed by atoms with Gasteiger partial charge in [-0.2, -0.15) is 8.78 Å². The number of carbonyl (C=O) groups is 1. The Morgan fingerprint density at radius 3 is 2.58 bits per heavy atom. The van der Waals surface area contributed by atoms with Crippen LogP contribution < -0.4 is 20.5 Å². The molecule has 2 N–H and O–H groups in total. The summed E-state index contributed by atoms with van der Waals surface area (Å²) in [6.45, 7) is 0.146. The maximum atomic E-state index is 13.5. The van der Waals surface area contributed by atoms with Crippen LogP contribution in [0.1, 0.15) is 30.1 Å². The number of nitrogens with one attached hydrogen (secondary N) is 1. The van der Waals surface area contributed by atoms with E-state index in [9.17, 15) is 23.5 Å². The summed E-state index contributed by atoms with van der Waals surface area (Å²) in [5.41, 5.74) is 1.00. The van der Waals surface area contributed by atoms with Gasteiger partial charge in [-0.25, -0.2) is 14.8 Å². The lowest BCUT2D eigenvalue weighted by Gasteiger charge is -2.27. The van der Waals surface area contributed by atoms with E-state index in [4.69, 9.17) is 11.6 Å². The molecule has 1 aromatic carbocycles. The molecule has 9 nitrogen and oxygen atoms in total. The maximum absolute atomic E-state index is 13.5. The summed E-state index contributed by atoms with van der Waals surface area (Å²) < 4.78 is 31.1. The van der Waals surface area contributed by atoms with Crippen LogP contribution in [0.25, 0.3) is 0 Å². The third-order valence-electron chi connectivity index (χ3n) is 5.90. The highest BCUT2D eigenvalue weighted by molar-refractivity contribution is 6.29. The number of aromatic nitrogens is 3. The summed E-state index contributed by atoms with van der Waals surface area (Å²) in [4.78, 5) is 34.9. The van der Waals surface area contributed by atoms with Crippen LogP contribution in [-0.4, -0.2) is 38.9 Å². The van der Waals surface area contributed by atoms with E-state index in [1.807, 2.05) is 0 Å². The van der Waals surface area contributed by atoms with Crippen LogP contribution in [0.15, 0.2) is 47.4 Å². The summed E-state index contributed by atoms with van der Waals surface area (Å²) in [6.07, 6.45) is 1.95. The number of hydrogen-bond acceptors (Lipinski definition) is 6. The van der Waals surface area contributed by atoms with Crippen molar-refractivity contribution in [2.24, 2.45) is 5.92 Å². The first-order valence-corrected chi connectivity index (χ1v) is 11.6. The molecule has 1 aliphatic rings. The van der Waals surface area contributed by atoms with Crippen molar-refractivity contribution in [2.75, 3.05) is 16.8 Å². The van der Waals surface area contributed by atoms with Gasteiger partial charge in [-0.15, -0.1) is 0 Å². The first-order valence-electron chi connectivity index (χ1n) is 11.2. The summed E-state index contributed by atoms with van der Waals surface area (Å²) in [6, 6.07) is 9.69. The Bertz CT molecular complexity index is 1320. The van der Waals surface area contributed by atoms with E-state index in [2.05, 4.69) is 20.0 Å². The van der Waals surface area contributed by atoms with Gasteiger partial charge < -0.3 is 19.7 Å². The van der Waals surface area contributed by atoms with Crippen LogP contribution in [-0.2, 0) is 0 Å². The molecule has 4 rings (SSSR count). The van der Waals surface area contributed by atoms with E-state index >= 15 is 0 Å². The predicted molar refractivity (Wildman–Crippen MR) is 131 cm³/mol. The van der Waals surface area contributed by atoms with Crippen LogP contribution in [0, 0.1) is 19.8 Å². The highest BCUT2D eigenvalue weighted by Gasteiger charge is 2.36. The normalized spacial score (nSPS) is 13.9. The monoisotopic (exact) mass is 519 g/mol. The molecule has 0 bridgehead atoms. The number of nitrogens with zero attached hydrogens (tertiary/aromatic N) is 4. The number of para-hydroxylation sites is 1. The number of aryl methyl sites for hydroxylation is 2. The molecule has 1 fully saturated rings. The second-order valence-corrected chi connectivity index (χ2v) is 8.89. The van der Waals surface area contributed by atoms with Gasteiger partial charge in [0.2, 0.25) is 5.88 Å². The van der Waals surface area contributed by atoms with Crippen LogP contribution in [0.3, 0.4) is 0 Å².